The zero-order chi connectivity index (χ0) is 21.2. The van der Waals surface area contributed by atoms with Crippen LogP contribution >= 0.6 is 7.26 Å². The number of hydrogen-bond acceptors (Lipinski definition) is 1. The van der Waals surface area contributed by atoms with Gasteiger partial charge in [-0.05, 0) is 57.6 Å². The average Bonchev–Trinajstić information content (AvgIpc) is 2.65. The number of amides is 1. The summed E-state index contributed by atoms with van der Waals surface area (Å²) in [6, 6.07) is 4.36. The van der Waals surface area contributed by atoms with Gasteiger partial charge >= 0.3 is 0 Å². The molecule has 1 aromatic rings. The molecule has 1 atom stereocenters. The molecule has 0 spiro atoms. The van der Waals surface area contributed by atoms with Crippen molar-refractivity contribution in [2.45, 2.75) is 99.1 Å². The highest BCUT2D eigenvalue weighted by Gasteiger charge is 2.47. The molecule has 1 unspecified atom stereocenters. The maximum Gasteiger partial charge on any atom is 0.265 e. The fraction of sp³-hybridized carbons (Fsp3) is 0.720. The first-order valence-electron chi connectivity index (χ1n) is 11.6. The molecule has 28 heavy (non-hydrogen) atoms. The van der Waals surface area contributed by atoms with Crippen LogP contribution < -0.4 is 5.32 Å². The number of hydrogen-bond donors (Lipinski definition) is 1. The quantitative estimate of drug-likeness (QED) is 0.333. The zero-order valence-electron chi connectivity index (χ0n) is 19.7. The molecular formula is C25H45NOP+. The lowest BCUT2D eigenvalue weighted by molar-refractivity contribution is -0.115. The summed E-state index contributed by atoms with van der Waals surface area (Å²) in [5, 5.41) is 3.38. The minimum absolute atomic E-state index is 0.206. The van der Waals surface area contributed by atoms with Gasteiger partial charge in [0.15, 0.2) is 0 Å². The number of nitrogens with one attached hydrogen (secondary N) is 1. The molecule has 1 amide bonds. The summed E-state index contributed by atoms with van der Waals surface area (Å²) < 4.78 is 0. The van der Waals surface area contributed by atoms with Crippen LogP contribution in [-0.4, -0.2) is 30.1 Å². The molecule has 1 N–H and O–H groups in total. The molecule has 1 aromatic carbocycles. The Labute approximate surface area is 175 Å². The second kappa shape index (κ2) is 12.6. The Bertz CT molecular complexity index is 566. The Balaban J connectivity index is 3.20. The van der Waals surface area contributed by atoms with E-state index in [0.29, 0.717) is 0 Å². The molecule has 160 valence electrons. The number of unbranched alkanes of at least 4 members (excludes halogenated alkanes) is 3. The third-order valence-electron chi connectivity index (χ3n) is 6.15. The molecule has 0 saturated carbocycles. The van der Waals surface area contributed by atoms with Gasteiger partial charge in [-0.15, -0.1) is 0 Å². The third kappa shape index (κ3) is 6.87. The highest BCUT2D eigenvalue weighted by molar-refractivity contribution is 7.77. The lowest BCUT2D eigenvalue weighted by Crippen LogP contribution is -2.34. The van der Waals surface area contributed by atoms with E-state index < -0.39 is 7.26 Å². The van der Waals surface area contributed by atoms with Gasteiger partial charge in [-0.25, -0.2) is 0 Å². The molecular weight excluding hydrogens is 361 g/mol. The van der Waals surface area contributed by atoms with Crippen LogP contribution in [0.3, 0.4) is 0 Å². The second-order valence-electron chi connectivity index (χ2n) is 8.64. The molecule has 0 aliphatic carbocycles. The van der Waals surface area contributed by atoms with E-state index in [1.54, 1.807) is 0 Å². The van der Waals surface area contributed by atoms with E-state index in [4.69, 9.17) is 0 Å². The topological polar surface area (TPSA) is 29.1 Å². The van der Waals surface area contributed by atoms with Crippen LogP contribution in [0.25, 0.3) is 0 Å². The van der Waals surface area contributed by atoms with Crippen LogP contribution in [0.5, 0.6) is 0 Å². The lowest BCUT2D eigenvalue weighted by atomic mass is 10.0. The number of aryl methyl sites for hydroxylation is 3. The van der Waals surface area contributed by atoms with Crippen molar-refractivity contribution in [3.8, 4) is 0 Å². The van der Waals surface area contributed by atoms with Gasteiger partial charge in [0.2, 0.25) is 0 Å². The number of carbonyl (C=O) groups excluding carboxylic acids is 1. The van der Waals surface area contributed by atoms with Crippen LogP contribution in [-0.2, 0) is 4.79 Å². The molecule has 2 nitrogen and oxygen atoms in total. The van der Waals surface area contributed by atoms with E-state index in [1.165, 1.54) is 73.7 Å². The van der Waals surface area contributed by atoms with Gasteiger partial charge in [-0.3, -0.25) is 4.79 Å². The Kier molecular flexibility index (Phi) is 11.4. The summed E-state index contributed by atoms with van der Waals surface area (Å²) in [6.45, 7) is 15.4. The Morgan fingerprint density at radius 2 is 1.29 bits per heavy atom. The van der Waals surface area contributed by atoms with Crippen molar-refractivity contribution < 1.29 is 4.79 Å². The minimum Gasteiger partial charge on any atom is -0.322 e. The van der Waals surface area contributed by atoms with Crippen molar-refractivity contribution in [2.75, 3.05) is 23.8 Å². The first-order chi connectivity index (χ1) is 13.3. The first kappa shape index (κ1) is 25.2. The molecule has 0 aromatic heterocycles. The van der Waals surface area contributed by atoms with Gasteiger partial charge < -0.3 is 5.32 Å². The summed E-state index contributed by atoms with van der Waals surface area (Å²) in [5.74, 6) is 0.286. The number of carbonyl (C=O) groups is 1. The molecule has 0 fully saturated rings. The van der Waals surface area contributed by atoms with Crippen molar-refractivity contribution in [3.63, 3.8) is 0 Å². The van der Waals surface area contributed by atoms with Crippen LogP contribution in [0, 0.1) is 20.8 Å². The van der Waals surface area contributed by atoms with E-state index in [9.17, 15) is 4.79 Å². The summed E-state index contributed by atoms with van der Waals surface area (Å²) >= 11 is 0. The fourth-order valence-electron chi connectivity index (χ4n) is 4.63. The monoisotopic (exact) mass is 406 g/mol. The maximum absolute atomic E-state index is 13.6. The minimum atomic E-state index is -1.30. The molecule has 0 radical (unpaired) electrons. The zero-order valence-corrected chi connectivity index (χ0v) is 20.6. The lowest BCUT2D eigenvalue weighted by Gasteiger charge is -2.34. The van der Waals surface area contributed by atoms with Crippen LogP contribution in [0.2, 0.25) is 0 Å². The maximum atomic E-state index is 13.6. The molecule has 0 saturated heterocycles. The predicted octanol–water partition coefficient (Wildman–Crippen LogP) is 7.75. The van der Waals surface area contributed by atoms with Gasteiger partial charge in [0.1, 0.15) is 5.66 Å². The van der Waals surface area contributed by atoms with Gasteiger partial charge in [-0.1, -0.05) is 64.7 Å². The van der Waals surface area contributed by atoms with E-state index in [0.717, 1.165) is 12.1 Å². The first-order valence-corrected chi connectivity index (χ1v) is 14.0. The summed E-state index contributed by atoms with van der Waals surface area (Å²) in [4.78, 5) is 13.6. The molecule has 0 aliphatic rings. The van der Waals surface area contributed by atoms with E-state index in [1.807, 2.05) is 0 Å². The third-order valence-corrected chi connectivity index (χ3v) is 11.7. The highest BCUT2D eigenvalue weighted by atomic mass is 31.2. The van der Waals surface area contributed by atoms with Crippen molar-refractivity contribution >= 4 is 18.9 Å². The number of anilines is 1. The van der Waals surface area contributed by atoms with Crippen molar-refractivity contribution in [2.24, 2.45) is 0 Å². The Morgan fingerprint density at radius 3 is 1.64 bits per heavy atom. The van der Waals surface area contributed by atoms with Crippen LogP contribution in [0.15, 0.2) is 12.1 Å². The largest absolute Gasteiger partial charge is 0.322 e. The summed E-state index contributed by atoms with van der Waals surface area (Å²) in [7, 11) is -1.30. The normalized spacial score (nSPS) is 12.8. The summed E-state index contributed by atoms with van der Waals surface area (Å²) in [5.41, 5.74) is 4.86. The molecule has 1 rings (SSSR count). The van der Waals surface area contributed by atoms with E-state index >= 15 is 0 Å². The van der Waals surface area contributed by atoms with Gasteiger partial charge in [0.25, 0.3) is 5.91 Å². The highest BCUT2D eigenvalue weighted by Crippen LogP contribution is 2.65. The van der Waals surface area contributed by atoms with Crippen LogP contribution in [0.4, 0.5) is 5.69 Å². The second-order valence-corrected chi connectivity index (χ2v) is 13.0. The summed E-state index contributed by atoms with van der Waals surface area (Å²) in [6.07, 6.45) is 12.4. The van der Waals surface area contributed by atoms with Crippen molar-refractivity contribution in [1.29, 1.82) is 0 Å². The molecule has 3 heteroatoms. The van der Waals surface area contributed by atoms with Crippen molar-refractivity contribution in [3.05, 3.63) is 28.8 Å². The predicted molar refractivity (Wildman–Crippen MR) is 130 cm³/mol. The van der Waals surface area contributed by atoms with E-state index in [2.05, 4.69) is 65.9 Å². The SMILES string of the molecule is CCCC[P+](CCCC)(CCCC)C(CC)C(=O)Nc1c(C)cc(C)cc1C. The van der Waals surface area contributed by atoms with Crippen molar-refractivity contribution in [1.82, 2.24) is 0 Å². The number of rotatable bonds is 13. The van der Waals surface area contributed by atoms with Crippen LogP contribution in [0.1, 0.15) is 89.3 Å². The number of benzene rings is 1. The molecule has 0 bridgehead atoms. The average molecular weight is 407 g/mol. The Hall–Kier alpha value is -0.880. The molecule has 0 aliphatic heterocycles. The van der Waals surface area contributed by atoms with Gasteiger partial charge in [0, 0.05) is 12.9 Å². The van der Waals surface area contributed by atoms with Gasteiger partial charge in [0.05, 0.1) is 18.5 Å². The Morgan fingerprint density at radius 1 is 0.857 bits per heavy atom. The van der Waals surface area contributed by atoms with E-state index in [-0.39, 0.29) is 11.6 Å². The standard InChI is InChI=1S/C25H44NOP/c1-8-12-15-28(16-13-9-2,17-14-10-3)23(11-4)25(27)26-24-21(6)18-20(5)19-22(24)7/h18-19,23H,8-17H2,1-7H3/p+1. The van der Waals surface area contributed by atoms with Gasteiger partial charge in [-0.2, -0.15) is 0 Å². The smallest absolute Gasteiger partial charge is 0.265 e. The molecule has 0 heterocycles. The fourth-order valence-corrected chi connectivity index (χ4v) is 10.4.